The molecule has 2 bridgehead atoms. The number of amides is 3. The molecule has 0 aliphatic carbocycles. The molecule has 3 aliphatic heterocycles. The summed E-state index contributed by atoms with van der Waals surface area (Å²) in [6.07, 6.45) is 1.68. The molecule has 0 aromatic heterocycles. The van der Waals surface area contributed by atoms with Crippen molar-refractivity contribution < 1.29 is 33.7 Å². The topological polar surface area (TPSA) is 126 Å². The highest BCUT2D eigenvalue weighted by Crippen LogP contribution is 2.58. The maximum atomic E-state index is 13.9. The van der Waals surface area contributed by atoms with Crippen molar-refractivity contribution in [1.29, 1.82) is 0 Å². The van der Waals surface area contributed by atoms with E-state index in [9.17, 15) is 19.5 Å². The van der Waals surface area contributed by atoms with Gasteiger partial charge in [0.1, 0.15) is 23.1 Å². The van der Waals surface area contributed by atoms with Crippen LogP contribution in [0.5, 0.6) is 11.5 Å². The summed E-state index contributed by atoms with van der Waals surface area (Å²) in [5.41, 5.74) is 0.0818. The monoisotopic (exact) mass is 537 g/mol. The van der Waals surface area contributed by atoms with Gasteiger partial charge in [-0.05, 0) is 81.1 Å². The molecule has 2 unspecified atom stereocenters. The number of hydrogen-bond acceptors (Lipinski definition) is 7. The molecule has 10 heteroatoms. The predicted molar refractivity (Wildman–Crippen MR) is 144 cm³/mol. The summed E-state index contributed by atoms with van der Waals surface area (Å²) in [6, 6.07) is 13.2. The molecule has 10 nitrogen and oxygen atoms in total. The number of unbranched alkanes of at least 4 members (excludes halogenated alkanes) is 1. The van der Waals surface area contributed by atoms with E-state index >= 15 is 0 Å². The first kappa shape index (κ1) is 27.0. The first-order chi connectivity index (χ1) is 18.9. The van der Waals surface area contributed by atoms with Crippen molar-refractivity contribution in [2.45, 2.75) is 50.4 Å². The van der Waals surface area contributed by atoms with E-state index in [1.807, 2.05) is 6.92 Å². The molecule has 0 radical (unpaired) electrons. The Balaban J connectivity index is 1.39. The highest BCUT2D eigenvalue weighted by atomic mass is 16.5. The largest absolute Gasteiger partial charge is 0.497 e. The maximum Gasteiger partial charge on any atom is 0.250 e. The number of anilines is 2. The van der Waals surface area contributed by atoms with Crippen LogP contribution < -0.4 is 20.1 Å². The molecule has 208 valence electrons. The lowest BCUT2D eigenvalue weighted by molar-refractivity contribution is -0.139. The molecule has 3 fully saturated rings. The number of rotatable bonds is 11. The number of fused-ring (bicyclic) bond motifs is 1. The molecule has 3 heterocycles. The summed E-state index contributed by atoms with van der Waals surface area (Å²) in [5.74, 6) is -1.02. The van der Waals surface area contributed by atoms with Crippen LogP contribution in [0.25, 0.3) is 0 Å². The second kappa shape index (κ2) is 11.2. The Hall–Kier alpha value is -3.63. The number of carbonyl (C=O) groups is 3. The van der Waals surface area contributed by atoms with Crippen LogP contribution in [0.2, 0.25) is 0 Å². The summed E-state index contributed by atoms with van der Waals surface area (Å²) < 4.78 is 17.1. The lowest BCUT2D eigenvalue weighted by Gasteiger charge is -2.33. The van der Waals surface area contributed by atoms with Gasteiger partial charge in [-0.2, -0.15) is 0 Å². The molecule has 2 aromatic carbocycles. The van der Waals surface area contributed by atoms with Crippen LogP contribution >= 0.6 is 0 Å². The molecule has 3 saturated heterocycles. The third kappa shape index (κ3) is 4.94. The van der Waals surface area contributed by atoms with Gasteiger partial charge in [0.05, 0.1) is 31.7 Å². The van der Waals surface area contributed by atoms with Gasteiger partial charge in [-0.1, -0.05) is 0 Å². The number of likely N-dealkylation sites (tertiary alicyclic amines) is 1. The molecule has 2 aromatic rings. The molecule has 3 amide bonds. The Morgan fingerprint density at radius 1 is 1.03 bits per heavy atom. The summed E-state index contributed by atoms with van der Waals surface area (Å²) >= 11 is 0. The minimum atomic E-state index is -1.08. The summed E-state index contributed by atoms with van der Waals surface area (Å²) in [6.45, 7) is 2.72. The SMILES string of the molecule is CCOc1ccc(NC(=O)[C@@H]2[C@@H]3CCC4(O3)C(C(=O)Nc3ccc(OC)cc3)N(CCCCO)C(=O)[C@H]24)cc1. The van der Waals surface area contributed by atoms with Gasteiger partial charge in [0.25, 0.3) is 0 Å². The van der Waals surface area contributed by atoms with E-state index in [1.165, 1.54) is 0 Å². The number of carbonyl (C=O) groups excluding carboxylic acids is 3. The van der Waals surface area contributed by atoms with Gasteiger partial charge in [0, 0.05) is 24.5 Å². The zero-order valence-electron chi connectivity index (χ0n) is 22.2. The molecule has 39 heavy (non-hydrogen) atoms. The van der Waals surface area contributed by atoms with Crippen LogP contribution in [0.3, 0.4) is 0 Å². The molecule has 0 saturated carbocycles. The molecule has 1 spiro atoms. The standard InChI is InChI=1S/C29H35N3O7/c1-3-38-21-12-8-18(9-13-21)30-26(34)23-22-14-15-29(39-22)24(23)28(36)32(16-4-5-17-33)25(29)27(35)31-19-6-10-20(37-2)11-7-19/h6-13,22-25,33H,3-5,14-17H2,1-2H3,(H,30,34)(H,31,35)/t22-,23+,24-,25?,29?/m0/s1. The van der Waals surface area contributed by atoms with E-state index in [2.05, 4.69) is 10.6 Å². The van der Waals surface area contributed by atoms with Crippen molar-refractivity contribution in [3.63, 3.8) is 0 Å². The van der Waals surface area contributed by atoms with E-state index in [0.29, 0.717) is 61.7 Å². The molecule has 5 atom stereocenters. The zero-order valence-corrected chi connectivity index (χ0v) is 22.2. The predicted octanol–water partition coefficient (Wildman–Crippen LogP) is 2.82. The van der Waals surface area contributed by atoms with Crippen LogP contribution in [0.4, 0.5) is 11.4 Å². The smallest absolute Gasteiger partial charge is 0.250 e. The second-order valence-electron chi connectivity index (χ2n) is 10.2. The third-order valence-electron chi connectivity index (χ3n) is 7.95. The Morgan fingerprint density at radius 3 is 2.28 bits per heavy atom. The number of ether oxygens (including phenoxy) is 3. The van der Waals surface area contributed by atoms with E-state index in [1.54, 1.807) is 60.5 Å². The van der Waals surface area contributed by atoms with Crippen molar-refractivity contribution in [1.82, 2.24) is 4.90 Å². The van der Waals surface area contributed by atoms with E-state index in [0.717, 1.165) is 0 Å². The summed E-state index contributed by atoms with van der Waals surface area (Å²) in [4.78, 5) is 42.8. The van der Waals surface area contributed by atoms with Crippen LogP contribution in [-0.4, -0.2) is 72.3 Å². The molecular formula is C29H35N3O7. The first-order valence-electron chi connectivity index (χ1n) is 13.5. The van der Waals surface area contributed by atoms with Gasteiger partial charge in [-0.3, -0.25) is 14.4 Å². The number of nitrogens with one attached hydrogen (secondary N) is 2. The highest BCUT2D eigenvalue weighted by Gasteiger charge is 2.74. The van der Waals surface area contributed by atoms with Gasteiger partial charge >= 0.3 is 0 Å². The van der Waals surface area contributed by atoms with Crippen LogP contribution in [-0.2, 0) is 19.1 Å². The van der Waals surface area contributed by atoms with Crippen LogP contribution in [0.1, 0.15) is 32.6 Å². The minimum absolute atomic E-state index is 0.00892. The second-order valence-corrected chi connectivity index (χ2v) is 10.2. The van der Waals surface area contributed by atoms with Gasteiger partial charge < -0.3 is 34.9 Å². The lowest BCUT2D eigenvalue weighted by Crippen LogP contribution is -2.53. The first-order valence-corrected chi connectivity index (χ1v) is 13.5. The quantitative estimate of drug-likeness (QED) is 0.376. The van der Waals surface area contributed by atoms with Gasteiger partial charge in [0.15, 0.2) is 0 Å². The summed E-state index contributed by atoms with van der Waals surface area (Å²) in [7, 11) is 1.57. The Morgan fingerprint density at radius 2 is 1.67 bits per heavy atom. The Bertz CT molecular complexity index is 1200. The molecule has 3 N–H and O–H groups in total. The van der Waals surface area contributed by atoms with E-state index < -0.39 is 29.6 Å². The Labute approximate surface area is 227 Å². The zero-order chi connectivity index (χ0) is 27.6. The highest BCUT2D eigenvalue weighted by molar-refractivity contribution is 6.05. The average molecular weight is 538 g/mol. The van der Waals surface area contributed by atoms with Gasteiger partial charge in [-0.25, -0.2) is 0 Å². The fourth-order valence-electron chi connectivity index (χ4n) is 6.30. The van der Waals surface area contributed by atoms with Crippen molar-refractivity contribution in [2.75, 3.05) is 37.5 Å². The number of nitrogens with zero attached hydrogens (tertiary/aromatic N) is 1. The Kier molecular flexibility index (Phi) is 7.76. The molecular weight excluding hydrogens is 502 g/mol. The van der Waals surface area contributed by atoms with Crippen molar-refractivity contribution >= 4 is 29.1 Å². The number of aliphatic hydroxyl groups is 1. The van der Waals surface area contributed by atoms with E-state index in [-0.39, 0.29) is 24.3 Å². The van der Waals surface area contributed by atoms with E-state index in [4.69, 9.17) is 14.2 Å². The van der Waals surface area contributed by atoms with Gasteiger partial charge in [-0.15, -0.1) is 0 Å². The fraction of sp³-hybridized carbons (Fsp3) is 0.483. The normalized spacial score (nSPS) is 26.8. The van der Waals surface area contributed by atoms with Crippen molar-refractivity contribution in [3.8, 4) is 11.5 Å². The van der Waals surface area contributed by atoms with Crippen LogP contribution in [0.15, 0.2) is 48.5 Å². The molecule has 5 rings (SSSR count). The van der Waals surface area contributed by atoms with Crippen molar-refractivity contribution in [3.05, 3.63) is 48.5 Å². The number of methoxy groups -OCH3 is 1. The summed E-state index contributed by atoms with van der Waals surface area (Å²) in [5, 5.41) is 15.2. The molecule has 3 aliphatic rings. The lowest BCUT2D eigenvalue weighted by atomic mass is 9.70. The van der Waals surface area contributed by atoms with Crippen LogP contribution in [0, 0.1) is 11.8 Å². The van der Waals surface area contributed by atoms with Gasteiger partial charge in [0.2, 0.25) is 17.7 Å². The maximum absolute atomic E-state index is 13.9. The van der Waals surface area contributed by atoms with Crippen molar-refractivity contribution in [2.24, 2.45) is 11.8 Å². The average Bonchev–Trinajstić information content (AvgIpc) is 3.58. The third-order valence-corrected chi connectivity index (χ3v) is 7.95. The number of benzene rings is 2. The number of aliphatic hydroxyl groups excluding tert-OH is 1. The number of hydrogen-bond donors (Lipinski definition) is 3. The minimum Gasteiger partial charge on any atom is -0.497 e. The fourth-order valence-corrected chi connectivity index (χ4v) is 6.30.